The first kappa shape index (κ1) is 5.21. The Morgan fingerprint density at radius 1 is 1.33 bits per heavy atom. The molecule has 1 aliphatic heterocycles. The second kappa shape index (κ2) is 1.98. The monoisotopic (exact) mass is 121 g/mol. The predicted octanol–water partition coefficient (Wildman–Crippen LogP) is 1.80. The summed E-state index contributed by atoms with van der Waals surface area (Å²) in [6, 6.07) is 0.554. The SMILES string of the molecule is C1=CC(C2CCC2)N=C1. The van der Waals surface area contributed by atoms with Crippen molar-refractivity contribution in [3.05, 3.63) is 12.2 Å². The van der Waals surface area contributed by atoms with Crippen LogP contribution in [0.1, 0.15) is 19.3 Å². The average molecular weight is 121 g/mol. The standard InChI is InChI=1S/C8H11N/c1-3-7(4-1)8-5-2-6-9-8/h2,5-8H,1,3-4H2. The van der Waals surface area contributed by atoms with Crippen LogP contribution in [-0.4, -0.2) is 12.3 Å². The molecule has 0 saturated heterocycles. The zero-order valence-electron chi connectivity index (χ0n) is 5.46. The normalized spacial score (nSPS) is 33.1. The molecule has 1 atom stereocenters. The Morgan fingerprint density at radius 3 is 2.67 bits per heavy atom. The average Bonchev–Trinajstić information content (AvgIpc) is 2.11. The third-order valence-corrected chi connectivity index (χ3v) is 2.29. The Morgan fingerprint density at radius 2 is 2.22 bits per heavy atom. The number of allylic oxidation sites excluding steroid dienone is 1. The van der Waals surface area contributed by atoms with Gasteiger partial charge in [-0.05, 0) is 24.8 Å². The van der Waals surface area contributed by atoms with Gasteiger partial charge in [-0.2, -0.15) is 0 Å². The zero-order valence-corrected chi connectivity index (χ0v) is 5.46. The predicted molar refractivity (Wildman–Crippen MR) is 38.8 cm³/mol. The van der Waals surface area contributed by atoms with Crippen molar-refractivity contribution in [3.63, 3.8) is 0 Å². The third-order valence-electron chi connectivity index (χ3n) is 2.29. The fourth-order valence-electron chi connectivity index (χ4n) is 1.42. The van der Waals surface area contributed by atoms with Gasteiger partial charge in [0.15, 0.2) is 0 Å². The minimum Gasteiger partial charge on any atom is -0.285 e. The molecule has 1 heterocycles. The fourth-order valence-corrected chi connectivity index (χ4v) is 1.42. The van der Waals surface area contributed by atoms with E-state index in [1.165, 1.54) is 19.3 Å². The van der Waals surface area contributed by atoms with Gasteiger partial charge < -0.3 is 0 Å². The van der Waals surface area contributed by atoms with Crippen LogP contribution in [0, 0.1) is 5.92 Å². The number of hydrogen-bond donors (Lipinski definition) is 0. The summed E-state index contributed by atoms with van der Waals surface area (Å²) in [6.07, 6.45) is 10.4. The molecule has 2 aliphatic rings. The first-order valence-corrected chi connectivity index (χ1v) is 3.67. The molecule has 48 valence electrons. The Hall–Kier alpha value is -0.590. The van der Waals surface area contributed by atoms with Gasteiger partial charge in [0.2, 0.25) is 0 Å². The van der Waals surface area contributed by atoms with E-state index in [0.717, 1.165) is 5.92 Å². The molecule has 0 aromatic carbocycles. The third kappa shape index (κ3) is 0.805. The number of hydrogen-bond acceptors (Lipinski definition) is 1. The molecule has 0 radical (unpaired) electrons. The van der Waals surface area contributed by atoms with E-state index >= 15 is 0 Å². The minimum absolute atomic E-state index is 0.554. The quantitative estimate of drug-likeness (QED) is 0.501. The maximum absolute atomic E-state index is 4.32. The molecule has 1 fully saturated rings. The summed E-state index contributed by atoms with van der Waals surface area (Å²) in [4.78, 5) is 4.32. The number of aliphatic imine (C=N–C) groups is 1. The maximum Gasteiger partial charge on any atom is 0.0711 e. The highest BCUT2D eigenvalue weighted by Gasteiger charge is 2.25. The molecule has 0 N–H and O–H groups in total. The van der Waals surface area contributed by atoms with E-state index in [1.807, 2.05) is 6.21 Å². The molecule has 2 rings (SSSR count). The lowest BCUT2D eigenvalue weighted by Gasteiger charge is -2.28. The summed E-state index contributed by atoms with van der Waals surface area (Å²) in [6.45, 7) is 0. The molecule has 0 spiro atoms. The summed E-state index contributed by atoms with van der Waals surface area (Å²) in [5.41, 5.74) is 0. The first-order valence-electron chi connectivity index (χ1n) is 3.67. The van der Waals surface area contributed by atoms with Crippen molar-refractivity contribution in [2.75, 3.05) is 0 Å². The summed E-state index contributed by atoms with van der Waals surface area (Å²) in [7, 11) is 0. The van der Waals surface area contributed by atoms with Gasteiger partial charge in [0, 0.05) is 6.21 Å². The van der Waals surface area contributed by atoms with E-state index < -0.39 is 0 Å². The van der Waals surface area contributed by atoms with Gasteiger partial charge in [-0.3, -0.25) is 4.99 Å². The summed E-state index contributed by atoms with van der Waals surface area (Å²) >= 11 is 0. The van der Waals surface area contributed by atoms with E-state index in [-0.39, 0.29) is 0 Å². The molecule has 9 heavy (non-hydrogen) atoms. The van der Waals surface area contributed by atoms with Crippen LogP contribution in [0.15, 0.2) is 17.1 Å². The highest BCUT2D eigenvalue weighted by Crippen LogP contribution is 2.32. The van der Waals surface area contributed by atoms with Crippen LogP contribution in [0.2, 0.25) is 0 Å². The van der Waals surface area contributed by atoms with Crippen molar-refractivity contribution in [1.29, 1.82) is 0 Å². The van der Waals surface area contributed by atoms with Gasteiger partial charge in [-0.15, -0.1) is 0 Å². The van der Waals surface area contributed by atoms with Crippen molar-refractivity contribution in [3.8, 4) is 0 Å². The topological polar surface area (TPSA) is 12.4 Å². The van der Waals surface area contributed by atoms with Crippen LogP contribution in [-0.2, 0) is 0 Å². The fraction of sp³-hybridized carbons (Fsp3) is 0.625. The Kier molecular flexibility index (Phi) is 1.15. The first-order chi connectivity index (χ1) is 4.47. The van der Waals surface area contributed by atoms with Gasteiger partial charge in [-0.25, -0.2) is 0 Å². The molecular weight excluding hydrogens is 110 g/mol. The molecule has 1 heteroatoms. The lowest BCUT2D eigenvalue weighted by atomic mass is 9.80. The molecule has 1 saturated carbocycles. The summed E-state index contributed by atoms with van der Waals surface area (Å²) < 4.78 is 0. The second-order valence-corrected chi connectivity index (χ2v) is 2.86. The Labute approximate surface area is 55.5 Å². The number of nitrogens with zero attached hydrogens (tertiary/aromatic N) is 1. The van der Waals surface area contributed by atoms with Crippen molar-refractivity contribution in [2.24, 2.45) is 10.9 Å². The van der Waals surface area contributed by atoms with Crippen molar-refractivity contribution >= 4 is 6.21 Å². The van der Waals surface area contributed by atoms with Crippen LogP contribution < -0.4 is 0 Å². The molecule has 0 amide bonds. The molecule has 1 aliphatic carbocycles. The zero-order chi connectivity index (χ0) is 6.10. The van der Waals surface area contributed by atoms with Gasteiger partial charge in [-0.1, -0.05) is 12.5 Å². The molecule has 1 nitrogen and oxygen atoms in total. The minimum atomic E-state index is 0.554. The summed E-state index contributed by atoms with van der Waals surface area (Å²) in [5, 5.41) is 0. The van der Waals surface area contributed by atoms with Gasteiger partial charge in [0.1, 0.15) is 0 Å². The van der Waals surface area contributed by atoms with Crippen molar-refractivity contribution in [1.82, 2.24) is 0 Å². The van der Waals surface area contributed by atoms with Crippen molar-refractivity contribution in [2.45, 2.75) is 25.3 Å². The molecule has 0 bridgehead atoms. The van der Waals surface area contributed by atoms with Gasteiger partial charge in [0.05, 0.1) is 6.04 Å². The Bertz CT molecular complexity index is 142. The maximum atomic E-state index is 4.32. The van der Waals surface area contributed by atoms with Gasteiger partial charge in [0.25, 0.3) is 0 Å². The van der Waals surface area contributed by atoms with Crippen LogP contribution in [0.25, 0.3) is 0 Å². The Balaban J connectivity index is 1.97. The van der Waals surface area contributed by atoms with Crippen molar-refractivity contribution < 1.29 is 0 Å². The molecular formula is C8H11N. The van der Waals surface area contributed by atoms with E-state index in [2.05, 4.69) is 17.1 Å². The van der Waals surface area contributed by atoms with E-state index in [0.29, 0.717) is 6.04 Å². The largest absolute Gasteiger partial charge is 0.285 e. The highest BCUT2D eigenvalue weighted by molar-refractivity contribution is 5.74. The second-order valence-electron chi connectivity index (χ2n) is 2.86. The van der Waals surface area contributed by atoms with E-state index in [4.69, 9.17) is 0 Å². The number of rotatable bonds is 1. The highest BCUT2D eigenvalue weighted by atomic mass is 14.8. The van der Waals surface area contributed by atoms with E-state index in [1.54, 1.807) is 0 Å². The molecule has 0 aromatic rings. The van der Waals surface area contributed by atoms with Gasteiger partial charge >= 0.3 is 0 Å². The van der Waals surface area contributed by atoms with Crippen LogP contribution in [0.4, 0.5) is 0 Å². The summed E-state index contributed by atoms with van der Waals surface area (Å²) in [5.74, 6) is 0.889. The molecule has 0 aromatic heterocycles. The molecule has 1 unspecified atom stereocenters. The van der Waals surface area contributed by atoms with E-state index in [9.17, 15) is 0 Å². The van der Waals surface area contributed by atoms with Crippen LogP contribution in [0.5, 0.6) is 0 Å². The smallest absolute Gasteiger partial charge is 0.0711 e. The van der Waals surface area contributed by atoms with Crippen LogP contribution >= 0.6 is 0 Å². The lowest BCUT2D eigenvalue weighted by Crippen LogP contribution is -2.22. The van der Waals surface area contributed by atoms with Crippen LogP contribution in [0.3, 0.4) is 0 Å². The lowest BCUT2D eigenvalue weighted by molar-refractivity contribution is 0.292.